The van der Waals surface area contributed by atoms with Gasteiger partial charge in [0.05, 0.1) is 18.1 Å². The first-order valence-electron chi connectivity index (χ1n) is 5.83. The number of esters is 1. The number of carbonyl (C=O) groups excluding carboxylic acids is 1. The third-order valence-electron chi connectivity index (χ3n) is 3.17. The highest BCUT2D eigenvalue weighted by Gasteiger charge is 2.23. The highest BCUT2D eigenvalue weighted by molar-refractivity contribution is 6.04. The van der Waals surface area contributed by atoms with Gasteiger partial charge in [0.15, 0.2) is 5.69 Å². The van der Waals surface area contributed by atoms with Gasteiger partial charge in [0.25, 0.3) is 0 Å². The minimum absolute atomic E-state index is 0.404. The van der Waals surface area contributed by atoms with E-state index < -0.39 is 5.97 Å². The van der Waals surface area contributed by atoms with Crippen molar-refractivity contribution in [3.05, 3.63) is 46.3 Å². The molecular weight excluding hydrogens is 230 g/mol. The van der Waals surface area contributed by atoms with Crippen LogP contribution in [0, 0.1) is 12.1 Å². The number of rotatable bonds is 2. The van der Waals surface area contributed by atoms with Crippen molar-refractivity contribution in [1.82, 2.24) is 0 Å². The Kier molecular flexibility index (Phi) is 3.19. The first-order valence-corrected chi connectivity index (χ1v) is 5.83. The SMILES string of the molecule is CCc1c(C)c(C(=O)OC)c2ccccc2[n+]1[O-]. The van der Waals surface area contributed by atoms with Gasteiger partial charge in [0, 0.05) is 18.1 Å². The van der Waals surface area contributed by atoms with Gasteiger partial charge in [-0.1, -0.05) is 19.1 Å². The fraction of sp³-hybridized carbons (Fsp3) is 0.286. The maximum Gasteiger partial charge on any atom is 0.339 e. The van der Waals surface area contributed by atoms with Crippen LogP contribution in [0.4, 0.5) is 0 Å². The quantitative estimate of drug-likeness (QED) is 0.462. The lowest BCUT2D eigenvalue weighted by atomic mass is 10.0. The molecule has 1 heterocycles. The van der Waals surface area contributed by atoms with Gasteiger partial charge in [-0.05, 0) is 13.0 Å². The molecule has 94 valence electrons. The smallest absolute Gasteiger partial charge is 0.339 e. The van der Waals surface area contributed by atoms with Crippen LogP contribution in [-0.4, -0.2) is 13.1 Å². The Balaban J connectivity index is 2.94. The molecule has 1 aromatic carbocycles. The molecule has 0 aliphatic carbocycles. The Morgan fingerprint density at radius 2 is 2.06 bits per heavy atom. The summed E-state index contributed by atoms with van der Waals surface area (Å²) in [6, 6.07) is 7.07. The molecule has 0 unspecified atom stereocenters. The molecule has 0 fully saturated rings. The van der Waals surface area contributed by atoms with Crippen LogP contribution in [-0.2, 0) is 11.2 Å². The molecule has 0 saturated heterocycles. The number of carbonyl (C=O) groups is 1. The normalized spacial score (nSPS) is 10.6. The van der Waals surface area contributed by atoms with Crippen LogP contribution in [0.3, 0.4) is 0 Å². The number of methoxy groups -OCH3 is 1. The Hall–Kier alpha value is -2.10. The summed E-state index contributed by atoms with van der Waals surface area (Å²) in [6.07, 6.45) is 0.574. The molecule has 4 heteroatoms. The average Bonchev–Trinajstić information content (AvgIpc) is 2.39. The fourth-order valence-corrected chi connectivity index (χ4v) is 2.28. The number of hydrogen-bond acceptors (Lipinski definition) is 3. The van der Waals surface area contributed by atoms with Gasteiger partial charge in [0.2, 0.25) is 5.52 Å². The van der Waals surface area contributed by atoms with E-state index in [0.717, 1.165) is 4.73 Å². The first kappa shape index (κ1) is 12.4. The Morgan fingerprint density at radius 3 is 2.67 bits per heavy atom. The summed E-state index contributed by atoms with van der Waals surface area (Å²) >= 11 is 0. The highest BCUT2D eigenvalue weighted by atomic mass is 16.5. The Morgan fingerprint density at radius 1 is 1.39 bits per heavy atom. The van der Waals surface area contributed by atoms with Crippen LogP contribution in [0.1, 0.15) is 28.5 Å². The van der Waals surface area contributed by atoms with Gasteiger partial charge in [-0.25, -0.2) is 4.79 Å². The van der Waals surface area contributed by atoms with Crippen molar-refractivity contribution in [1.29, 1.82) is 0 Å². The highest BCUT2D eigenvalue weighted by Crippen LogP contribution is 2.22. The molecule has 0 aliphatic heterocycles. The van der Waals surface area contributed by atoms with Crippen LogP contribution < -0.4 is 4.73 Å². The molecular formula is C14H15NO3. The van der Waals surface area contributed by atoms with E-state index in [1.54, 1.807) is 31.2 Å². The molecule has 2 aromatic rings. The second-order valence-electron chi connectivity index (χ2n) is 4.10. The zero-order valence-electron chi connectivity index (χ0n) is 10.7. The third-order valence-corrected chi connectivity index (χ3v) is 3.17. The largest absolute Gasteiger partial charge is 0.618 e. The third kappa shape index (κ3) is 1.70. The molecule has 0 radical (unpaired) electrons. The molecule has 18 heavy (non-hydrogen) atoms. The van der Waals surface area contributed by atoms with Crippen LogP contribution >= 0.6 is 0 Å². The second-order valence-corrected chi connectivity index (χ2v) is 4.10. The van der Waals surface area contributed by atoms with E-state index in [2.05, 4.69) is 0 Å². The summed E-state index contributed by atoms with van der Waals surface area (Å²) in [5, 5.41) is 12.8. The van der Waals surface area contributed by atoms with E-state index in [-0.39, 0.29) is 0 Å². The molecule has 4 nitrogen and oxygen atoms in total. The number of nitrogens with zero attached hydrogens (tertiary/aromatic N) is 1. The van der Waals surface area contributed by atoms with Gasteiger partial charge in [-0.3, -0.25) is 0 Å². The maximum atomic E-state index is 12.2. The zero-order valence-corrected chi connectivity index (χ0v) is 10.7. The van der Waals surface area contributed by atoms with E-state index in [1.165, 1.54) is 7.11 Å². The Labute approximate surface area is 105 Å². The van der Waals surface area contributed by atoms with Gasteiger partial charge in [-0.2, -0.15) is 4.73 Å². The van der Waals surface area contributed by atoms with Crippen molar-refractivity contribution in [2.75, 3.05) is 7.11 Å². The average molecular weight is 245 g/mol. The van der Waals surface area contributed by atoms with Gasteiger partial charge in [0.1, 0.15) is 0 Å². The van der Waals surface area contributed by atoms with E-state index in [4.69, 9.17) is 4.74 Å². The van der Waals surface area contributed by atoms with Crippen molar-refractivity contribution >= 4 is 16.9 Å². The summed E-state index contributed by atoms with van der Waals surface area (Å²) in [7, 11) is 1.35. The number of ether oxygens (including phenoxy) is 1. The lowest BCUT2D eigenvalue weighted by Gasteiger charge is -2.13. The summed E-state index contributed by atoms with van der Waals surface area (Å²) in [5.41, 5.74) is 2.28. The number of aromatic nitrogens is 1. The van der Waals surface area contributed by atoms with E-state index in [9.17, 15) is 10.0 Å². The molecule has 0 atom stereocenters. The molecule has 0 aliphatic rings. The summed E-state index contributed by atoms with van der Waals surface area (Å²) < 4.78 is 5.71. The fourth-order valence-electron chi connectivity index (χ4n) is 2.28. The molecule has 0 bridgehead atoms. The molecule has 2 rings (SSSR count). The van der Waals surface area contributed by atoms with Crippen LogP contribution in [0.25, 0.3) is 10.9 Å². The summed E-state index contributed by atoms with van der Waals surface area (Å²) in [6.45, 7) is 3.68. The molecule has 0 N–H and O–H groups in total. The van der Waals surface area contributed by atoms with E-state index in [0.29, 0.717) is 34.1 Å². The van der Waals surface area contributed by atoms with Crippen molar-refractivity contribution < 1.29 is 14.3 Å². The molecule has 1 aromatic heterocycles. The van der Waals surface area contributed by atoms with E-state index >= 15 is 0 Å². The predicted molar refractivity (Wildman–Crippen MR) is 68.4 cm³/mol. The van der Waals surface area contributed by atoms with Gasteiger partial charge in [-0.15, -0.1) is 0 Å². The lowest BCUT2D eigenvalue weighted by Crippen LogP contribution is -2.35. The topological polar surface area (TPSA) is 53.2 Å². The Bertz CT molecular complexity index is 620. The zero-order chi connectivity index (χ0) is 13.3. The number of fused-ring (bicyclic) bond motifs is 1. The van der Waals surface area contributed by atoms with Crippen LogP contribution in [0.2, 0.25) is 0 Å². The molecule has 0 saturated carbocycles. The van der Waals surface area contributed by atoms with Crippen molar-refractivity contribution in [3.8, 4) is 0 Å². The van der Waals surface area contributed by atoms with Crippen LogP contribution in [0.15, 0.2) is 24.3 Å². The van der Waals surface area contributed by atoms with Crippen molar-refractivity contribution in [3.63, 3.8) is 0 Å². The predicted octanol–water partition coefficient (Wildman–Crippen LogP) is 2.13. The minimum Gasteiger partial charge on any atom is -0.618 e. The summed E-state index contributed by atoms with van der Waals surface area (Å²) in [5.74, 6) is -0.404. The van der Waals surface area contributed by atoms with Gasteiger partial charge < -0.3 is 9.94 Å². The standard InChI is InChI=1S/C14H15NO3/c1-4-11-9(2)13(14(16)18-3)10-7-5-6-8-12(10)15(11)17/h5-8H,4H2,1-3H3. The number of para-hydroxylation sites is 1. The number of hydrogen-bond donors (Lipinski definition) is 0. The number of pyridine rings is 1. The van der Waals surface area contributed by atoms with Crippen molar-refractivity contribution in [2.45, 2.75) is 20.3 Å². The summed E-state index contributed by atoms with van der Waals surface area (Å²) in [4.78, 5) is 11.9. The first-order chi connectivity index (χ1) is 8.61. The van der Waals surface area contributed by atoms with Crippen molar-refractivity contribution in [2.24, 2.45) is 0 Å². The number of benzene rings is 1. The molecule has 0 spiro atoms. The lowest BCUT2D eigenvalue weighted by molar-refractivity contribution is -0.586. The van der Waals surface area contributed by atoms with E-state index in [1.807, 2.05) is 6.92 Å². The van der Waals surface area contributed by atoms with Gasteiger partial charge >= 0.3 is 5.97 Å². The minimum atomic E-state index is -0.404. The molecule has 0 amide bonds. The van der Waals surface area contributed by atoms with Crippen LogP contribution in [0.5, 0.6) is 0 Å². The maximum absolute atomic E-state index is 12.2. The monoisotopic (exact) mass is 245 g/mol. The second kappa shape index (κ2) is 4.64.